The molecule has 2 aromatic rings. The minimum Gasteiger partial charge on any atom is -0.481 e. The summed E-state index contributed by atoms with van der Waals surface area (Å²) in [7, 11) is 0. The summed E-state index contributed by atoms with van der Waals surface area (Å²) < 4.78 is 7.61. The Morgan fingerprint density at radius 3 is 2.84 bits per heavy atom. The summed E-state index contributed by atoms with van der Waals surface area (Å²) >= 11 is 5.32. The molecule has 1 amide bonds. The first-order valence-corrected chi connectivity index (χ1v) is 10.6. The molecule has 8 N–H and O–H groups in total. The number of aromatic amines is 1. The van der Waals surface area contributed by atoms with Gasteiger partial charge in [-0.2, -0.15) is 0 Å². The number of imidazole rings is 1. The lowest BCUT2D eigenvalue weighted by Gasteiger charge is -2.17. The van der Waals surface area contributed by atoms with E-state index in [9.17, 15) is 19.8 Å². The summed E-state index contributed by atoms with van der Waals surface area (Å²) in [6, 6.07) is -1.07. The maximum absolute atomic E-state index is 11.7. The number of aliphatic hydroxyl groups is 2. The number of carboxylic acid groups (broad SMARTS) is 1. The molecule has 13 nitrogen and oxygen atoms in total. The van der Waals surface area contributed by atoms with Crippen LogP contribution in [0.25, 0.3) is 11.2 Å². The molecule has 2 aromatic heterocycles. The van der Waals surface area contributed by atoms with E-state index in [1.54, 1.807) is 4.57 Å². The summed E-state index contributed by atoms with van der Waals surface area (Å²) in [5.74, 6) is -1.20. The zero-order valence-corrected chi connectivity index (χ0v) is 18.0. The van der Waals surface area contributed by atoms with E-state index < -0.39 is 42.8 Å². The highest BCUT2D eigenvalue weighted by Gasteiger charge is 2.35. The Labute approximate surface area is 188 Å². The molecule has 0 bridgehead atoms. The number of aliphatic hydroxyl groups excluding tert-OH is 2. The highest BCUT2D eigenvalue weighted by molar-refractivity contribution is 7.71. The lowest BCUT2D eigenvalue weighted by atomic mass is 10.2. The zero-order valence-electron chi connectivity index (χ0n) is 17.2. The molecule has 1 saturated heterocycles. The van der Waals surface area contributed by atoms with Crippen molar-refractivity contribution in [3.63, 3.8) is 0 Å². The molecule has 32 heavy (non-hydrogen) atoms. The molecule has 0 aromatic carbocycles. The molecule has 3 rings (SSSR count). The fraction of sp³-hybridized carbons (Fsp3) is 0.611. The zero-order chi connectivity index (χ0) is 23.3. The maximum atomic E-state index is 11.7. The van der Waals surface area contributed by atoms with Gasteiger partial charge in [0.25, 0.3) is 0 Å². The van der Waals surface area contributed by atoms with Crippen LogP contribution in [0.4, 0.5) is 5.95 Å². The van der Waals surface area contributed by atoms with Crippen LogP contribution in [0, 0.1) is 4.64 Å². The minimum absolute atomic E-state index is 0.184. The van der Waals surface area contributed by atoms with Crippen LogP contribution >= 0.6 is 12.2 Å². The van der Waals surface area contributed by atoms with E-state index >= 15 is 0 Å². The number of amides is 1. The van der Waals surface area contributed by atoms with Gasteiger partial charge in [-0.15, -0.1) is 0 Å². The molecular weight excluding hydrogens is 442 g/mol. The van der Waals surface area contributed by atoms with Crippen molar-refractivity contribution in [2.75, 3.05) is 25.0 Å². The van der Waals surface area contributed by atoms with Crippen molar-refractivity contribution < 1.29 is 29.6 Å². The topological polar surface area (TPSA) is 201 Å². The summed E-state index contributed by atoms with van der Waals surface area (Å²) in [5, 5.41) is 33.9. The highest BCUT2D eigenvalue weighted by Crippen LogP contribution is 2.31. The monoisotopic (exact) mass is 469 g/mol. The number of aromatic nitrogens is 4. The Balaban J connectivity index is 1.53. The van der Waals surface area contributed by atoms with Gasteiger partial charge < -0.3 is 41.4 Å². The fourth-order valence-corrected chi connectivity index (χ4v) is 3.63. The number of ether oxygens (including phenoxy) is 1. The average molecular weight is 470 g/mol. The van der Waals surface area contributed by atoms with Gasteiger partial charge in [0.15, 0.2) is 10.9 Å². The lowest BCUT2D eigenvalue weighted by molar-refractivity contribution is -0.139. The third-order valence-electron chi connectivity index (χ3n) is 5.02. The number of nitrogens with two attached hydrogens (primary N) is 1. The molecule has 0 saturated carbocycles. The normalized spacial score (nSPS) is 21.5. The first-order valence-electron chi connectivity index (χ1n) is 10.2. The number of fused-ring (bicyclic) bond motifs is 1. The number of carbonyl (C=O) groups excluding carboxylic acids is 1. The standard InChI is InChI=1S/C18H27N7O6S/c19-10(6-12(28)29)15(30)20-3-1-2-4-21-18-23-14-13(16(32)24-18)22-8-25(14)17-11(27)5-9(7-26)31-17/h8-11,17,26-27H,1-7,19H2,(H,20,30)(H,28,29)(H2,21,23,24,32)/t9-,10?,11?,17+/m0/s1. The van der Waals surface area contributed by atoms with Crippen molar-refractivity contribution in [1.29, 1.82) is 0 Å². The molecule has 1 aliphatic rings. The van der Waals surface area contributed by atoms with Gasteiger partial charge in [0.05, 0.1) is 31.5 Å². The number of H-pyrrole nitrogens is 1. The van der Waals surface area contributed by atoms with E-state index in [-0.39, 0.29) is 11.2 Å². The van der Waals surface area contributed by atoms with Crippen LogP contribution in [0.15, 0.2) is 6.33 Å². The van der Waals surface area contributed by atoms with Crippen molar-refractivity contribution in [3.05, 3.63) is 11.0 Å². The van der Waals surface area contributed by atoms with Crippen LogP contribution < -0.4 is 16.4 Å². The molecule has 1 fully saturated rings. The molecule has 176 valence electrons. The summed E-state index contributed by atoms with van der Waals surface area (Å²) in [6.45, 7) is 0.715. The van der Waals surface area contributed by atoms with E-state index in [1.807, 2.05) is 0 Å². The Morgan fingerprint density at radius 2 is 2.16 bits per heavy atom. The van der Waals surface area contributed by atoms with Crippen LogP contribution in [0.1, 0.15) is 31.9 Å². The van der Waals surface area contributed by atoms with Crippen LogP contribution in [0.3, 0.4) is 0 Å². The number of nitrogens with one attached hydrogen (secondary N) is 3. The average Bonchev–Trinajstić information content (AvgIpc) is 3.33. The Morgan fingerprint density at radius 1 is 1.41 bits per heavy atom. The SMILES string of the molecule is NC(CC(=O)O)C(=O)NCCCCNc1nc(=S)c2ncn([C@@H]3O[C@H](CO)CC3O)c2[nH]1. The Hall–Kier alpha value is -2.65. The van der Waals surface area contributed by atoms with Gasteiger partial charge in [-0.05, 0) is 12.8 Å². The molecule has 1 aliphatic heterocycles. The van der Waals surface area contributed by atoms with Gasteiger partial charge in [0.1, 0.15) is 17.3 Å². The number of nitrogens with zero attached hydrogens (tertiary/aromatic N) is 3. The van der Waals surface area contributed by atoms with Crippen LogP contribution in [-0.2, 0) is 14.3 Å². The summed E-state index contributed by atoms with van der Waals surface area (Å²) in [6.07, 6.45) is 0.795. The summed E-state index contributed by atoms with van der Waals surface area (Å²) in [4.78, 5) is 33.9. The summed E-state index contributed by atoms with van der Waals surface area (Å²) in [5.41, 5.74) is 6.50. The van der Waals surface area contributed by atoms with Gasteiger partial charge in [-0.25, -0.2) is 9.97 Å². The van der Waals surface area contributed by atoms with E-state index in [0.29, 0.717) is 49.5 Å². The Bertz CT molecular complexity index is 1010. The van der Waals surface area contributed by atoms with Crippen molar-refractivity contribution in [3.8, 4) is 0 Å². The largest absolute Gasteiger partial charge is 0.481 e. The van der Waals surface area contributed by atoms with E-state index in [0.717, 1.165) is 0 Å². The second kappa shape index (κ2) is 10.8. The molecular formula is C18H27N7O6S. The van der Waals surface area contributed by atoms with Gasteiger partial charge in [0, 0.05) is 19.5 Å². The second-order valence-electron chi connectivity index (χ2n) is 7.50. The Kier molecular flexibility index (Phi) is 8.09. The van der Waals surface area contributed by atoms with Crippen LogP contribution in [0.5, 0.6) is 0 Å². The maximum Gasteiger partial charge on any atom is 0.305 e. The first kappa shape index (κ1) is 24.0. The molecule has 3 heterocycles. The number of rotatable bonds is 11. The number of aliphatic carboxylic acids is 1. The number of carbonyl (C=O) groups is 2. The van der Waals surface area contributed by atoms with Crippen molar-refractivity contribution >= 4 is 41.2 Å². The number of hydrogen-bond acceptors (Lipinski definition) is 10. The minimum atomic E-state index is -1.12. The third kappa shape index (κ3) is 5.77. The molecule has 4 atom stereocenters. The highest BCUT2D eigenvalue weighted by atomic mass is 32.1. The molecule has 14 heteroatoms. The molecule has 0 radical (unpaired) electrons. The van der Waals surface area contributed by atoms with Gasteiger partial charge >= 0.3 is 5.97 Å². The van der Waals surface area contributed by atoms with Crippen LogP contribution in [0.2, 0.25) is 0 Å². The van der Waals surface area contributed by atoms with E-state index in [1.165, 1.54) is 6.33 Å². The van der Waals surface area contributed by atoms with Crippen LogP contribution in [-0.4, -0.2) is 84.7 Å². The number of hydrogen-bond donors (Lipinski definition) is 7. The molecule has 0 aliphatic carbocycles. The number of carboxylic acids is 1. The molecule has 0 spiro atoms. The smallest absolute Gasteiger partial charge is 0.305 e. The van der Waals surface area contributed by atoms with Gasteiger partial charge in [-0.3, -0.25) is 14.2 Å². The lowest BCUT2D eigenvalue weighted by Crippen LogP contribution is -2.42. The van der Waals surface area contributed by atoms with Crippen molar-refractivity contribution in [2.45, 2.75) is 50.2 Å². The third-order valence-corrected chi connectivity index (χ3v) is 5.30. The van der Waals surface area contributed by atoms with Gasteiger partial charge in [-0.1, -0.05) is 12.2 Å². The van der Waals surface area contributed by atoms with Crippen molar-refractivity contribution in [1.82, 2.24) is 24.8 Å². The predicted octanol–water partition coefficient (Wildman–Crippen LogP) is -0.760. The fourth-order valence-electron chi connectivity index (χ4n) is 3.39. The van der Waals surface area contributed by atoms with E-state index in [2.05, 4.69) is 25.6 Å². The van der Waals surface area contributed by atoms with Gasteiger partial charge in [0.2, 0.25) is 11.9 Å². The van der Waals surface area contributed by atoms with Crippen molar-refractivity contribution in [2.24, 2.45) is 5.73 Å². The number of anilines is 1. The second-order valence-corrected chi connectivity index (χ2v) is 7.89. The quantitative estimate of drug-likeness (QED) is 0.161. The first-order chi connectivity index (χ1) is 15.3. The van der Waals surface area contributed by atoms with E-state index in [4.69, 9.17) is 27.8 Å². The number of unbranched alkanes of at least 4 members (excludes halogenated alkanes) is 1. The molecule has 2 unspecified atom stereocenters. The predicted molar refractivity (Wildman–Crippen MR) is 115 cm³/mol.